The first-order valence-corrected chi connectivity index (χ1v) is 11.6. The zero-order valence-electron chi connectivity index (χ0n) is 18.6. The summed E-state index contributed by atoms with van der Waals surface area (Å²) in [6, 6.07) is 12.2. The number of para-hydroxylation sites is 1. The van der Waals surface area contributed by atoms with Crippen molar-refractivity contribution in [2.24, 2.45) is 0 Å². The van der Waals surface area contributed by atoms with Gasteiger partial charge in [-0.1, -0.05) is 42.5 Å². The first-order valence-electron chi connectivity index (χ1n) is 10.7. The molecule has 1 aliphatic heterocycles. The van der Waals surface area contributed by atoms with Gasteiger partial charge in [-0.3, -0.25) is 5.32 Å². The number of thiazole rings is 1. The molecule has 3 aromatic rings. The van der Waals surface area contributed by atoms with E-state index in [2.05, 4.69) is 10.3 Å². The number of esters is 1. The third kappa shape index (κ3) is 6.10. The molecule has 35 heavy (non-hydrogen) atoms. The van der Waals surface area contributed by atoms with Crippen molar-refractivity contribution in [3.8, 4) is 5.75 Å². The molecule has 1 aromatic heterocycles. The first kappa shape index (κ1) is 24.5. The molecule has 1 unspecified atom stereocenters. The van der Waals surface area contributed by atoms with E-state index in [-0.39, 0.29) is 25.3 Å². The van der Waals surface area contributed by atoms with Crippen LogP contribution in [0.4, 0.5) is 23.1 Å². The largest absolute Gasteiger partial charge is 0.488 e. The Morgan fingerprint density at radius 1 is 1.14 bits per heavy atom. The molecule has 7 nitrogen and oxygen atoms in total. The number of carbonyl (C=O) groups is 2. The molecule has 0 saturated carbocycles. The van der Waals surface area contributed by atoms with Crippen LogP contribution in [0.5, 0.6) is 5.75 Å². The van der Waals surface area contributed by atoms with E-state index in [9.17, 15) is 22.8 Å². The quantitative estimate of drug-likeness (QED) is 0.462. The number of alkyl halides is 3. The number of carbonyl (C=O) groups excluding carboxylic acids is 2. The molecule has 0 spiro atoms. The number of halogens is 3. The number of nitrogens with zero attached hydrogens (tertiary/aromatic N) is 2. The predicted molar refractivity (Wildman–Crippen MR) is 123 cm³/mol. The van der Waals surface area contributed by atoms with Gasteiger partial charge < -0.3 is 14.4 Å². The molecular formula is C24H22F3N3O4S. The summed E-state index contributed by atoms with van der Waals surface area (Å²) in [5.41, 5.74) is 0.555. The number of hydrogen-bond acceptors (Lipinski definition) is 6. The molecule has 2 aromatic carbocycles. The van der Waals surface area contributed by atoms with E-state index in [4.69, 9.17) is 9.47 Å². The molecule has 1 N–H and O–H groups in total. The molecule has 4 rings (SSSR count). The lowest BCUT2D eigenvalue weighted by Gasteiger charge is -2.22. The minimum Gasteiger partial charge on any atom is -0.488 e. The van der Waals surface area contributed by atoms with Gasteiger partial charge in [0.1, 0.15) is 24.5 Å². The average Bonchev–Trinajstić information content (AvgIpc) is 3.44. The Hall–Kier alpha value is -3.60. The van der Waals surface area contributed by atoms with Gasteiger partial charge >= 0.3 is 18.2 Å². The Bertz CT molecular complexity index is 1190. The van der Waals surface area contributed by atoms with Crippen LogP contribution in [0, 0.1) is 6.92 Å². The first-order chi connectivity index (χ1) is 16.7. The van der Waals surface area contributed by atoms with Crippen LogP contribution < -0.4 is 10.1 Å². The van der Waals surface area contributed by atoms with E-state index in [0.29, 0.717) is 5.13 Å². The van der Waals surface area contributed by atoms with Crippen molar-refractivity contribution in [1.29, 1.82) is 0 Å². The van der Waals surface area contributed by atoms with Crippen molar-refractivity contribution in [2.45, 2.75) is 38.3 Å². The number of urea groups is 1. The molecule has 0 radical (unpaired) electrons. The van der Waals surface area contributed by atoms with Gasteiger partial charge in [-0.05, 0) is 24.6 Å². The fourth-order valence-corrected chi connectivity index (χ4v) is 4.39. The minimum atomic E-state index is -4.61. The summed E-state index contributed by atoms with van der Waals surface area (Å²) in [6.45, 7) is 1.67. The van der Waals surface area contributed by atoms with Crippen LogP contribution in [-0.2, 0) is 22.3 Å². The molecule has 1 aliphatic rings. The number of anilines is 1. The van der Waals surface area contributed by atoms with Crippen molar-refractivity contribution in [1.82, 2.24) is 9.88 Å². The summed E-state index contributed by atoms with van der Waals surface area (Å²) < 4.78 is 51.3. The van der Waals surface area contributed by atoms with Crippen molar-refractivity contribution in [3.63, 3.8) is 0 Å². The second-order valence-corrected chi connectivity index (χ2v) is 8.81. The third-order valence-electron chi connectivity index (χ3n) is 5.34. The lowest BCUT2D eigenvalue weighted by atomic mass is 10.1. The third-order valence-corrected chi connectivity index (χ3v) is 6.21. The molecule has 2 atom stereocenters. The molecule has 2 heterocycles. The van der Waals surface area contributed by atoms with Gasteiger partial charge in [0.05, 0.1) is 17.8 Å². The van der Waals surface area contributed by atoms with Crippen LogP contribution in [-0.4, -0.2) is 40.6 Å². The lowest BCUT2D eigenvalue weighted by molar-refractivity contribution is -0.149. The summed E-state index contributed by atoms with van der Waals surface area (Å²) in [7, 11) is 0. The summed E-state index contributed by atoms with van der Waals surface area (Å²) in [5, 5.41) is 4.73. The van der Waals surface area contributed by atoms with Crippen LogP contribution in [0.3, 0.4) is 0 Å². The Balaban J connectivity index is 1.51. The fourth-order valence-electron chi connectivity index (χ4n) is 3.71. The molecule has 0 aliphatic carbocycles. The number of benzene rings is 2. The Morgan fingerprint density at radius 3 is 2.54 bits per heavy atom. The number of aryl methyl sites for hydroxylation is 1. The number of nitrogens with one attached hydrogen (secondary N) is 1. The van der Waals surface area contributed by atoms with Crippen molar-refractivity contribution < 1.29 is 32.2 Å². The number of likely N-dealkylation sites (tertiary alicyclic amines) is 1. The standard InChI is InChI=1S/C24H22F3N3O4S/c1-15-14-35-22(28-15)29-23(32)30-12-17(34-20-10-6-5-9-18(20)24(25,26)27)11-19(30)21(31)33-13-16-7-3-2-4-8-16/h2-10,14,17,19H,11-13H2,1H3,(H,28,29,32)/t17-,19?/m0/s1. The van der Waals surface area contributed by atoms with Crippen molar-refractivity contribution in [2.75, 3.05) is 11.9 Å². The maximum atomic E-state index is 13.4. The van der Waals surface area contributed by atoms with Crippen molar-refractivity contribution >= 4 is 28.5 Å². The SMILES string of the molecule is Cc1csc(NC(=O)N2C[C@@H](Oc3ccccc3C(F)(F)F)CC2C(=O)OCc2ccccc2)n1. The Morgan fingerprint density at radius 2 is 1.86 bits per heavy atom. The van der Waals surface area contributed by atoms with E-state index >= 15 is 0 Å². The summed E-state index contributed by atoms with van der Waals surface area (Å²) >= 11 is 1.22. The Labute approximate surface area is 203 Å². The van der Waals surface area contributed by atoms with Crippen molar-refractivity contribution in [3.05, 3.63) is 76.8 Å². The molecule has 1 saturated heterocycles. The van der Waals surface area contributed by atoms with Gasteiger partial charge in [0.15, 0.2) is 5.13 Å². The van der Waals surface area contributed by atoms with E-state index < -0.39 is 35.9 Å². The number of hydrogen-bond donors (Lipinski definition) is 1. The molecule has 1 fully saturated rings. The second kappa shape index (κ2) is 10.3. The molecule has 184 valence electrons. The predicted octanol–water partition coefficient (Wildman–Crippen LogP) is 5.27. The number of rotatable bonds is 6. The molecular weight excluding hydrogens is 483 g/mol. The molecule has 2 amide bonds. The maximum Gasteiger partial charge on any atom is 0.419 e. The van der Waals surface area contributed by atoms with Crippen LogP contribution in [0.15, 0.2) is 60.0 Å². The highest BCUT2D eigenvalue weighted by atomic mass is 32.1. The highest BCUT2D eigenvalue weighted by Crippen LogP contribution is 2.37. The maximum absolute atomic E-state index is 13.4. The van der Waals surface area contributed by atoms with E-state index in [1.807, 2.05) is 6.07 Å². The summed E-state index contributed by atoms with van der Waals surface area (Å²) in [6.07, 6.45) is -5.48. The van der Waals surface area contributed by atoms with Gasteiger partial charge in [0.25, 0.3) is 0 Å². The fraction of sp³-hybridized carbons (Fsp3) is 0.292. The van der Waals surface area contributed by atoms with Gasteiger partial charge in [-0.15, -0.1) is 11.3 Å². The van der Waals surface area contributed by atoms with Gasteiger partial charge in [-0.2, -0.15) is 13.2 Å². The van der Waals surface area contributed by atoms with Crippen LogP contribution in [0.2, 0.25) is 0 Å². The van der Waals surface area contributed by atoms with Gasteiger partial charge in [0, 0.05) is 11.8 Å². The van der Waals surface area contributed by atoms with Crippen LogP contribution >= 0.6 is 11.3 Å². The second-order valence-electron chi connectivity index (χ2n) is 7.96. The normalized spacial score (nSPS) is 17.8. The monoisotopic (exact) mass is 505 g/mol. The average molecular weight is 506 g/mol. The molecule has 0 bridgehead atoms. The zero-order valence-corrected chi connectivity index (χ0v) is 19.4. The summed E-state index contributed by atoms with van der Waals surface area (Å²) in [4.78, 5) is 31.3. The highest BCUT2D eigenvalue weighted by molar-refractivity contribution is 7.13. The van der Waals surface area contributed by atoms with E-state index in [1.165, 1.54) is 34.4 Å². The van der Waals surface area contributed by atoms with Gasteiger partial charge in [0.2, 0.25) is 0 Å². The zero-order chi connectivity index (χ0) is 25.0. The number of aromatic nitrogens is 1. The van der Waals surface area contributed by atoms with E-state index in [1.54, 1.807) is 36.6 Å². The lowest BCUT2D eigenvalue weighted by Crippen LogP contribution is -2.43. The number of ether oxygens (including phenoxy) is 2. The Kier molecular flexibility index (Phi) is 7.25. The highest BCUT2D eigenvalue weighted by Gasteiger charge is 2.43. The summed E-state index contributed by atoms with van der Waals surface area (Å²) in [5.74, 6) is -1.03. The van der Waals surface area contributed by atoms with Crippen LogP contribution in [0.1, 0.15) is 23.2 Å². The topological polar surface area (TPSA) is 80.8 Å². The number of amides is 2. The van der Waals surface area contributed by atoms with Crippen LogP contribution in [0.25, 0.3) is 0 Å². The van der Waals surface area contributed by atoms with Gasteiger partial charge in [-0.25, -0.2) is 14.6 Å². The van der Waals surface area contributed by atoms with E-state index in [0.717, 1.165) is 17.3 Å². The minimum absolute atomic E-state index is 0.000260. The molecule has 11 heteroatoms. The smallest absolute Gasteiger partial charge is 0.419 e.